The quantitative estimate of drug-likeness (QED) is 0.701. The fourth-order valence-corrected chi connectivity index (χ4v) is 2.73. The van der Waals surface area contributed by atoms with Gasteiger partial charge in [0.25, 0.3) is 6.43 Å². The number of alkyl halides is 2. The first kappa shape index (κ1) is 17.8. The van der Waals surface area contributed by atoms with E-state index < -0.39 is 12.1 Å². The van der Waals surface area contributed by atoms with E-state index in [1.54, 1.807) is 12.1 Å². The van der Waals surface area contributed by atoms with E-state index in [1.807, 2.05) is 26.0 Å². The maximum absolute atomic E-state index is 13.5. The third kappa shape index (κ3) is 3.35. The van der Waals surface area contributed by atoms with Gasteiger partial charge in [0, 0.05) is 18.2 Å². The van der Waals surface area contributed by atoms with Gasteiger partial charge in [-0.3, -0.25) is 0 Å². The van der Waals surface area contributed by atoms with Crippen LogP contribution in [0, 0.1) is 13.8 Å². The van der Waals surface area contributed by atoms with Gasteiger partial charge in [-0.1, -0.05) is 29.8 Å². The molecule has 1 heterocycles. The molecule has 8 heteroatoms. The highest BCUT2D eigenvalue weighted by molar-refractivity contribution is 5.46. The fraction of sp³-hybridized carbons (Fsp3) is 0.278. The van der Waals surface area contributed by atoms with Crippen molar-refractivity contribution >= 4 is 0 Å². The minimum Gasteiger partial charge on any atom is -0.489 e. The molecule has 26 heavy (non-hydrogen) atoms. The predicted molar refractivity (Wildman–Crippen MR) is 91.8 cm³/mol. The Morgan fingerprint density at radius 3 is 2.54 bits per heavy atom. The lowest BCUT2D eigenvalue weighted by atomic mass is 10.1. The number of nitrogens with zero attached hydrogens (tertiary/aromatic N) is 4. The Morgan fingerprint density at radius 1 is 1.15 bits per heavy atom. The SMILES string of the molecule is Cc1ccc(OCc2c(C(F)F)cccc2-n2nnn(C)c2=O)c(C)c1. The van der Waals surface area contributed by atoms with Crippen LogP contribution in [-0.4, -0.2) is 19.8 Å². The molecule has 0 aliphatic heterocycles. The van der Waals surface area contributed by atoms with Crippen molar-refractivity contribution in [3.8, 4) is 11.4 Å². The van der Waals surface area contributed by atoms with E-state index in [0.717, 1.165) is 20.5 Å². The van der Waals surface area contributed by atoms with Gasteiger partial charge >= 0.3 is 5.69 Å². The van der Waals surface area contributed by atoms with Gasteiger partial charge in [0.1, 0.15) is 12.4 Å². The highest BCUT2D eigenvalue weighted by atomic mass is 19.3. The van der Waals surface area contributed by atoms with Gasteiger partial charge in [0.2, 0.25) is 0 Å². The van der Waals surface area contributed by atoms with E-state index >= 15 is 0 Å². The zero-order valence-electron chi connectivity index (χ0n) is 14.6. The number of aryl methyl sites for hydroxylation is 3. The summed E-state index contributed by atoms with van der Waals surface area (Å²) in [5, 5.41) is 7.39. The van der Waals surface area contributed by atoms with Crippen LogP contribution in [0.1, 0.15) is 28.7 Å². The largest absolute Gasteiger partial charge is 0.489 e. The van der Waals surface area contributed by atoms with Crippen LogP contribution in [0.25, 0.3) is 5.69 Å². The zero-order valence-corrected chi connectivity index (χ0v) is 14.6. The lowest BCUT2D eigenvalue weighted by Gasteiger charge is -2.15. The van der Waals surface area contributed by atoms with Crippen LogP contribution in [0.15, 0.2) is 41.2 Å². The lowest BCUT2D eigenvalue weighted by Crippen LogP contribution is -2.23. The number of ether oxygens (including phenoxy) is 1. The first-order chi connectivity index (χ1) is 12.4. The van der Waals surface area contributed by atoms with Gasteiger partial charge in [-0.15, -0.1) is 0 Å². The minimum atomic E-state index is -2.71. The number of rotatable bonds is 5. The molecule has 0 amide bonds. The number of hydrogen-bond donors (Lipinski definition) is 0. The van der Waals surface area contributed by atoms with Crippen LogP contribution in [0.4, 0.5) is 8.78 Å². The molecule has 0 saturated heterocycles. The molecule has 0 N–H and O–H groups in total. The third-order valence-corrected chi connectivity index (χ3v) is 4.07. The number of aromatic nitrogens is 4. The molecular formula is C18H18F2N4O2. The van der Waals surface area contributed by atoms with Gasteiger partial charge in [-0.25, -0.2) is 13.6 Å². The van der Waals surface area contributed by atoms with Gasteiger partial charge in [-0.2, -0.15) is 9.36 Å². The molecule has 0 saturated carbocycles. The molecule has 3 rings (SSSR count). The molecule has 136 valence electrons. The standard InChI is InChI=1S/C18H18F2N4O2/c1-11-7-8-16(12(2)9-11)26-10-14-13(17(19)20)5-4-6-15(14)24-18(25)23(3)21-22-24/h4-9,17H,10H2,1-3H3. The minimum absolute atomic E-state index is 0.122. The molecule has 0 atom stereocenters. The van der Waals surface area contributed by atoms with Crippen molar-refractivity contribution in [2.45, 2.75) is 26.9 Å². The predicted octanol–water partition coefficient (Wildman–Crippen LogP) is 3.10. The smallest absolute Gasteiger partial charge is 0.368 e. The third-order valence-electron chi connectivity index (χ3n) is 4.07. The summed E-state index contributed by atoms with van der Waals surface area (Å²) in [6.07, 6.45) is -2.71. The van der Waals surface area contributed by atoms with Crippen molar-refractivity contribution in [1.82, 2.24) is 19.8 Å². The number of hydrogen-bond acceptors (Lipinski definition) is 4. The van der Waals surface area contributed by atoms with Crippen LogP contribution >= 0.6 is 0 Å². The van der Waals surface area contributed by atoms with Crippen molar-refractivity contribution in [3.63, 3.8) is 0 Å². The van der Waals surface area contributed by atoms with E-state index in [2.05, 4.69) is 10.4 Å². The van der Waals surface area contributed by atoms with E-state index in [1.165, 1.54) is 19.2 Å². The summed E-state index contributed by atoms with van der Waals surface area (Å²) in [6, 6.07) is 9.94. The molecule has 0 radical (unpaired) electrons. The second-order valence-corrected chi connectivity index (χ2v) is 6.00. The van der Waals surface area contributed by atoms with E-state index in [0.29, 0.717) is 5.75 Å². The first-order valence-electron chi connectivity index (χ1n) is 7.98. The summed E-state index contributed by atoms with van der Waals surface area (Å²) in [5.74, 6) is 0.595. The van der Waals surface area contributed by atoms with Crippen molar-refractivity contribution in [2.75, 3.05) is 0 Å². The van der Waals surface area contributed by atoms with Gasteiger partial charge in [0.05, 0.1) is 5.69 Å². The summed E-state index contributed by atoms with van der Waals surface area (Å²) in [6.45, 7) is 3.72. The van der Waals surface area contributed by atoms with E-state index in [4.69, 9.17) is 4.74 Å². The Labute approximate surface area is 148 Å². The van der Waals surface area contributed by atoms with Crippen LogP contribution in [0.3, 0.4) is 0 Å². The molecule has 0 aliphatic carbocycles. The monoisotopic (exact) mass is 360 g/mol. The molecule has 0 bridgehead atoms. The second kappa shape index (κ2) is 7.07. The second-order valence-electron chi connectivity index (χ2n) is 6.00. The Kier molecular flexibility index (Phi) is 4.83. The molecule has 0 spiro atoms. The highest BCUT2D eigenvalue weighted by Crippen LogP contribution is 2.29. The Morgan fingerprint density at radius 2 is 1.92 bits per heavy atom. The maximum Gasteiger partial charge on any atom is 0.368 e. The van der Waals surface area contributed by atoms with Crippen molar-refractivity contribution in [3.05, 3.63) is 69.1 Å². The van der Waals surface area contributed by atoms with Crippen molar-refractivity contribution < 1.29 is 13.5 Å². The lowest BCUT2D eigenvalue weighted by molar-refractivity contribution is 0.148. The number of tetrazole rings is 1. The highest BCUT2D eigenvalue weighted by Gasteiger charge is 2.20. The van der Waals surface area contributed by atoms with Crippen molar-refractivity contribution in [1.29, 1.82) is 0 Å². The van der Waals surface area contributed by atoms with Crippen LogP contribution in [-0.2, 0) is 13.7 Å². The molecule has 0 unspecified atom stereocenters. The van der Waals surface area contributed by atoms with Gasteiger partial charge in [0.15, 0.2) is 0 Å². The van der Waals surface area contributed by atoms with Crippen LogP contribution in [0.5, 0.6) is 5.75 Å². The topological polar surface area (TPSA) is 61.9 Å². The van der Waals surface area contributed by atoms with Gasteiger partial charge < -0.3 is 4.74 Å². The summed E-state index contributed by atoms with van der Waals surface area (Å²) >= 11 is 0. The van der Waals surface area contributed by atoms with Crippen LogP contribution < -0.4 is 10.4 Å². The molecular weight excluding hydrogens is 342 g/mol. The first-order valence-corrected chi connectivity index (χ1v) is 7.98. The molecule has 0 aliphatic rings. The molecule has 1 aromatic heterocycles. The average Bonchev–Trinajstić information content (AvgIpc) is 2.93. The van der Waals surface area contributed by atoms with Gasteiger partial charge in [-0.05, 0) is 42.0 Å². The van der Waals surface area contributed by atoms with E-state index in [-0.39, 0.29) is 23.4 Å². The Balaban J connectivity index is 2.04. The fourth-order valence-electron chi connectivity index (χ4n) is 2.73. The summed E-state index contributed by atoms with van der Waals surface area (Å²) in [4.78, 5) is 12.1. The summed E-state index contributed by atoms with van der Waals surface area (Å²) in [5.41, 5.74) is 1.68. The number of halogens is 2. The van der Waals surface area contributed by atoms with Crippen LogP contribution in [0.2, 0.25) is 0 Å². The number of benzene rings is 2. The van der Waals surface area contributed by atoms with Crippen molar-refractivity contribution in [2.24, 2.45) is 7.05 Å². The molecule has 2 aromatic carbocycles. The maximum atomic E-state index is 13.5. The van der Waals surface area contributed by atoms with E-state index in [9.17, 15) is 13.6 Å². The molecule has 0 fully saturated rings. The average molecular weight is 360 g/mol. The summed E-state index contributed by atoms with van der Waals surface area (Å²) < 4.78 is 34.8. The zero-order chi connectivity index (χ0) is 18.8. The Hall–Kier alpha value is -3.03. The molecule has 6 nitrogen and oxygen atoms in total. The Bertz CT molecular complexity index is 995. The summed E-state index contributed by atoms with van der Waals surface area (Å²) in [7, 11) is 1.44. The molecule has 3 aromatic rings. The normalized spacial score (nSPS) is 11.2.